The van der Waals surface area contributed by atoms with Gasteiger partial charge in [0.15, 0.2) is 17.5 Å². The average Bonchev–Trinajstić information content (AvgIpc) is 3.01. The first-order valence-corrected chi connectivity index (χ1v) is 8.91. The summed E-state index contributed by atoms with van der Waals surface area (Å²) in [7, 11) is 1.58. The second kappa shape index (κ2) is 8.11. The SMILES string of the molecule is CCCN1C[C@H](NC(=O)c2ccc(-c3ncc(F)c(NC)n3)cc2)CC1=O. The van der Waals surface area contributed by atoms with Crippen molar-refractivity contribution in [2.45, 2.75) is 25.8 Å². The lowest BCUT2D eigenvalue weighted by Gasteiger charge is -2.16. The highest BCUT2D eigenvalue weighted by Gasteiger charge is 2.30. The molecule has 1 aromatic heterocycles. The molecule has 27 heavy (non-hydrogen) atoms. The molecule has 0 bridgehead atoms. The summed E-state index contributed by atoms with van der Waals surface area (Å²) in [6, 6.07) is 6.58. The third-order valence-electron chi connectivity index (χ3n) is 4.43. The first-order valence-electron chi connectivity index (χ1n) is 8.91. The summed E-state index contributed by atoms with van der Waals surface area (Å²) in [6.45, 7) is 3.28. The van der Waals surface area contributed by atoms with Crippen molar-refractivity contribution in [3.05, 3.63) is 41.8 Å². The van der Waals surface area contributed by atoms with E-state index in [1.54, 1.807) is 36.2 Å². The number of hydrogen-bond acceptors (Lipinski definition) is 5. The lowest BCUT2D eigenvalue weighted by molar-refractivity contribution is -0.127. The third-order valence-corrected chi connectivity index (χ3v) is 4.43. The predicted molar refractivity (Wildman–Crippen MR) is 99.7 cm³/mol. The Morgan fingerprint density at radius 2 is 2.07 bits per heavy atom. The molecule has 1 saturated heterocycles. The molecule has 0 radical (unpaired) electrons. The molecule has 1 aromatic carbocycles. The Morgan fingerprint density at radius 3 is 2.74 bits per heavy atom. The van der Waals surface area contributed by atoms with Crippen LogP contribution in [0.5, 0.6) is 0 Å². The average molecular weight is 371 g/mol. The molecule has 2 aromatic rings. The Hall–Kier alpha value is -3.03. The second-order valence-corrected chi connectivity index (χ2v) is 6.43. The van der Waals surface area contributed by atoms with E-state index in [9.17, 15) is 14.0 Å². The van der Waals surface area contributed by atoms with E-state index < -0.39 is 5.82 Å². The molecule has 2 heterocycles. The maximum absolute atomic E-state index is 13.5. The van der Waals surface area contributed by atoms with Crippen LogP contribution >= 0.6 is 0 Å². The van der Waals surface area contributed by atoms with E-state index in [2.05, 4.69) is 20.6 Å². The second-order valence-electron chi connectivity index (χ2n) is 6.43. The smallest absolute Gasteiger partial charge is 0.251 e. The molecular weight excluding hydrogens is 349 g/mol. The van der Waals surface area contributed by atoms with Crippen LogP contribution in [0.15, 0.2) is 30.5 Å². The van der Waals surface area contributed by atoms with Gasteiger partial charge in [0.25, 0.3) is 5.91 Å². The predicted octanol–water partition coefficient (Wildman–Crippen LogP) is 2.07. The van der Waals surface area contributed by atoms with Crippen LogP contribution in [0.1, 0.15) is 30.1 Å². The molecule has 2 amide bonds. The van der Waals surface area contributed by atoms with Gasteiger partial charge in [-0.1, -0.05) is 19.1 Å². The summed E-state index contributed by atoms with van der Waals surface area (Å²) in [5.41, 5.74) is 1.16. The quantitative estimate of drug-likeness (QED) is 0.812. The number of carbonyl (C=O) groups is 2. The molecule has 1 aliphatic rings. The summed E-state index contributed by atoms with van der Waals surface area (Å²) < 4.78 is 13.5. The fraction of sp³-hybridized carbons (Fsp3) is 0.368. The zero-order valence-corrected chi connectivity index (χ0v) is 15.3. The van der Waals surface area contributed by atoms with Crippen molar-refractivity contribution in [2.75, 3.05) is 25.5 Å². The topological polar surface area (TPSA) is 87.2 Å². The van der Waals surface area contributed by atoms with E-state index in [1.165, 1.54) is 0 Å². The van der Waals surface area contributed by atoms with E-state index in [0.29, 0.717) is 36.5 Å². The third kappa shape index (κ3) is 4.21. The zero-order valence-electron chi connectivity index (χ0n) is 15.3. The minimum atomic E-state index is -0.527. The number of nitrogens with one attached hydrogen (secondary N) is 2. The lowest BCUT2D eigenvalue weighted by Crippen LogP contribution is -2.37. The number of hydrogen-bond donors (Lipinski definition) is 2. The van der Waals surface area contributed by atoms with Crippen LogP contribution in [0, 0.1) is 5.82 Å². The highest BCUT2D eigenvalue weighted by atomic mass is 19.1. The van der Waals surface area contributed by atoms with Gasteiger partial charge in [0.05, 0.1) is 12.2 Å². The van der Waals surface area contributed by atoms with Crippen LogP contribution in [0.2, 0.25) is 0 Å². The molecule has 3 rings (SSSR count). The van der Waals surface area contributed by atoms with Crippen molar-refractivity contribution in [1.29, 1.82) is 0 Å². The van der Waals surface area contributed by atoms with Gasteiger partial charge < -0.3 is 15.5 Å². The number of nitrogens with zero attached hydrogens (tertiary/aromatic N) is 3. The zero-order chi connectivity index (χ0) is 19.4. The first-order chi connectivity index (χ1) is 13.0. The monoisotopic (exact) mass is 371 g/mol. The van der Waals surface area contributed by atoms with Crippen molar-refractivity contribution in [1.82, 2.24) is 20.2 Å². The van der Waals surface area contributed by atoms with Gasteiger partial charge >= 0.3 is 0 Å². The number of carbonyl (C=O) groups excluding carboxylic acids is 2. The molecule has 1 atom stereocenters. The number of halogens is 1. The maximum Gasteiger partial charge on any atom is 0.251 e. The standard InChI is InChI=1S/C19H22FN5O2/c1-3-8-25-11-14(9-16(25)26)23-19(27)13-6-4-12(5-7-13)17-22-10-15(20)18(21-2)24-17/h4-7,10,14H,3,8-9,11H2,1-2H3,(H,23,27)(H,21,22,24)/t14-/m1/s1. The fourth-order valence-electron chi connectivity index (χ4n) is 3.08. The summed E-state index contributed by atoms with van der Waals surface area (Å²) in [4.78, 5) is 34.2. The molecule has 142 valence electrons. The van der Waals surface area contributed by atoms with Gasteiger partial charge in [-0.3, -0.25) is 9.59 Å². The van der Waals surface area contributed by atoms with Gasteiger partial charge in [0.2, 0.25) is 5.91 Å². The van der Waals surface area contributed by atoms with Gasteiger partial charge in [-0.2, -0.15) is 0 Å². The molecule has 8 heteroatoms. The number of anilines is 1. The molecule has 1 fully saturated rings. The van der Waals surface area contributed by atoms with E-state index in [4.69, 9.17) is 0 Å². The molecule has 0 unspecified atom stereocenters. The number of aromatic nitrogens is 2. The Morgan fingerprint density at radius 1 is 1.33 bits per heavy atom. The molecular formula is C19H22FN5O2. The number of amides is 2. The van der Waals surface area contributed by atoms with Crippen LogP contribution in [-0.4, -0.2) is 52.9 Å². The highest BCUT2D eigenvalue weighted by molar-refractivity contribution is 5.95. The molecule has 1 aliphatic heterocycles. The normalized spacial score (nSPS) is 16.5. The highest BCUT2D eigenvalue weighted by Crippen LogP contribution is 2.19. The van der Waals surface area contributed by atoms with E-state index >= 15 is 0 Å². The van der Waals surface area contributed by atoms with Crippen LogP contribution < -0.4 is 10.6 Å². The molecule has 2 N–H and O–H groups in total. The van der Waals surface area contributed by atoms with Crippen molar-refractivity contribution in [2.24, 2.45) is 0 Å². The van der Waals surface area contributed by atoms with E-state index in [-0.39, 0.29) is 23.7 Å². The maximum atomic E-state index is 13.5. The molecule has 0 spiro atoms. The van der Waals surface area contributed by atoms with Crippen molar-refractivity contribution in [3.8, 4) is 11.4 Å². The molecule has 0 saturated carbocycles. The molecule has 0 aliphatic carbocycles. The number of rotatable bonds is 6. The summed E-state index contributed by atoms with van der Waals surface area (Å²) in [6.07, 6.45) is 2.34. The minimum Gasteiger partial charge on any atom is -0.371 e. The van der Waals surface area contributed by atoms with Crippen molar-refractivity contribution < 1.29 is 14.0 Å². The van der Waals surface area contributed by atoms with Crippen LogP contribution in [0.3, 0.4) is 0 Å². The van der Waals surface area contributed by atoms with Crippen LogP contribution in [0.4, 0.5) is 10.2 Å². The Bertz CT molecular complexity index is 840. The minimum absolute atomic E-state index is 0.0753. The van der Waals surface area contributed by atoms with E-state index in [0.717, 1.165) is 12.6 Å². The van der Waals surface area contributed by atoms with Gasteiger partial charge in [-0.15, -0.1) is 0 Å². The van der Waals surface area contributed by atoms with Gasteiger partial charge in [-0.25, -0.2) is 14.4 Å². The first kappa shape index (κ1) is 18.8. The summed E-state index contributed by atoms with van der Waals surface area (Å²) >= 11 is 0. The van der Waals surface area contributed by atoms with Crippen LogP contribution in [0.25, 0.3) is 11.4 Å². The van der Waals surface area contributed by atoms with E-state index in [1.807, 2.05) is 6.92 Å². The largest absolute Gasteiger partial charge is 0.371 e. The van der Waals surface area contributed by atoms with Gasteiger partial charge in [0, 0.05) is 37.7 Å². The van der Waals surface area contributed by atoms with Crippen LogP contribution in [-0.2, 0) is 4.79 Å². The van der Waals surface area contributed by atoms with Crippen molar-refractivity contribution in [3.63, 3.8) is 0 Å². The molecule has 7 nitrogen and oxygen atoms in total. The summed E-state index contributed by atoms with van der Waals surface area (Å²) in [5.74, 6) is -0.200. The Kier molecular flexibility index (Phi) is 5.63. The fourth-order valence-corrected chi connectivity index (χ4v) is 3.08. The van der Waals surface area contributed by atoms with Gasteiger partial charge in [-0.05, 0) is 18.6 Å². The Labute approximate surface area is 157 Å². The number of likely N-dealkylation sites (tertiary alicyclic amines) is 1. The Balaban J connectivity index is 1.67. The van der Waals surface area contributed by atoms with Crippen molar-refractivity contribution >= 4 is 17.6 Å². The van der Waals surface area contributed by atoms with Gasteiger partial charge in [0.1, 0.15) is 0 Å². The lowest BCUT2D eigenvalue weighted by atomic mass is 10.1. The number of benzene rings is 1. The summed E-state index contributed by atoms with van der Waals surface area (Å²) in [5, 5.41) is 5.58.